The van der Waals surface area contributed by atoms with Crippen LogP contribution in [0.3, 0.4) is 0 Å². The fourth-order valence-electron chi connectivity index (χ4n) is 4.05. The Morgan fingerprint density at radius 1 is 1.31 bits per heavy atom. The zero-order chi connectivity index (χ0) is 18.0. The molecule has 1 aromatic carbocycles. The number of nitrogens with zero attached hydrogens (tertiary/aromatic N) is 3. The Morgan fingerprint density at radius 2 is 2.08 bits per heavy atom. The van der Waals surface area contributed by atoms with Crippen molar-refractivity contribution in [1.82, 2.24) is 19.9 Å². The van der Waals surface area contributed by atoms with Gasteiger partial charge in [-0.25, -0.2) is 9.97 Å². The van der Waals surface area contributed by atoms with Crippen LogP contribution >= 0.6 is 23.2 Å². The fraction of sp³-hybridized carbons (Fsp3) is 0.278. The van der Waals surface area contributed by atoms with E-state index in [4.69, 9.17) is 27.9 Å². The van der Waals surface area contributed by atoms with Crippen LogP contribution in [0.4, 0.5) is 0 Å². The smallest absolute Gasteiger partial charge is 0.292 e. The fourth-order valence-corrected chi connectivity index (χ4v) is 4.42. The number of ether oxygens (including phenoxy) is 1. The predicted octanol–water partition coefficient (Wildman–Crippen LogP) is 3.79. The van der Waals surface area contributed by atoms with Crippen molar-refractivity contribution in [1.29, 1.82) is 0 Å². The molecule has 1 N–H and O–H groups in total. The first kappa shape index (κ1) is 15.9. The third kappa shape index (κ3) is 2.09. The molecular formula is C18H14Cl2N4O2. The summed E-state index contributed by atoms with van der Waals surface area (Å²) in [6, 6.07) is 3.91. The largest absolute Gasteiger partial charge is 0.494 e. The van der Waals surface area contributed by atoms with Crippen molar-refractivity contribution in [2.45, 2.75) is 24.9 Å². The molecule has 2 atom stereocenters. The van der Waals surface area contributed by atoms with Gasteiger partial charge in [0.1, 0.15) is 0 Å². The minimum absolute atomic E-state index is 0.00736. The van der Waals surface area contributed by atoms with Crippen LogP contribution in [0, 0.1) is 0 Å². The van der Waals surface area contributed by atoms with Gasteiger partial charge in [-0.3, -0.25) is 4.79 Å². The molecule has 2 aliphatic heterocycles. The number of H-pyrrole nitrogens is 1. The topological polar surface area (TPSA) is 71.1 Å². The molecule has 2 unspecified atom stereocenters. The molecular weight excluding hydrogens is 375 g/mol. The molecule has 2 bridgehead atoms. The van der Waals surface area contributed by atoms with Gasteiger partial charge in [-0.15, -0.1) is 0 Å². The van der Waals surface area contributed by atoms with E-state index in [-0.39, 0.29) is 23.8 Å². The van der Waals surface area contributed by atoms with Gasteiger partial charge in [-0.1, -0.05) is 29.3 Å². The van der Waals surface area contributed by atoms with Crippen LogP contribution in [-0.2, 0) is 6.42 Å². The summed E-state index contributed by atoms with van der Waals surface area (Å²) in [7, 11) is 1.54. The molecule has 1 fully saturated rings. The Balaban J connectivity index is 1.54. The molecule has 2 aromatic heterocycles. The number of rotatable bonds is 2. The van der Waals surface area contributed by atoms with Crippen LogP contribution < -0.4 is 4.74 Å². The monoisotopic (exact) mass is 388 g/mol. The molecule has 0 aliphatic carbocycles. The quantitative estimate of drug-likeness (QED) is 0.724. The molecule has 6 nitrogen and oxygen atoms in total. The highest BCUT2D eigenvalue weighted by atomic mass is 35.5. The molecule has 3 aromatic rings. The van der Waals surface area contributed by atoms with Gasteiger partial charge in [0, 0.05) is 29.1 Å². The van der Waals surface area contributed by atoms with E-state index < -0.39 is 0 Å². The zero-order valence-electron chi connectivity index (χ0n) is 13.8. The SMILES string of the molecule is COc1cnc(C(=O)N2C3Cc4[nH]c5c(Cl)c(Cl)ccc5c4C2C3)nc1. The van der Waals surface area contributed by atoms with Crippen molar-refractivity contribution < 1.29 is 9.53 Å². The number of carbonyl (C=O) groups is 1. The van der Waals surface area contributed by atoms with Crippen LogP contribution in [0.25, 0.3) is 10.9 Å². The maximum Gasteiger partial charge on any atom is 0.292 e. The van der Waals surface area contributed by atoms with E-state index in [9.17, 15) is 4.79 Å². The number of halogens is 2. The number of hydrogen-bond acceptors (Lipinski definition) is 4. The molecule has 4 heterocycles. The van der Waals surface area contributed by atoms with E-state index in [0.29, 0.717) is 15.8 Å². The summed E-state index contributed by atoms with van der Waals surface area (Å²) < 4.78 is 5.05. The summed E-state index contributed by atoms with van der Waals surface area (Å²) in [5, 5.41) is 2.06. The Labute approximate surface area is 159 Å². The Kier molecular flexibility index (Phi) is 3.42. The van der Waals surface area contributed by atoms with Crippen molar-refractivity contribution in [3.05, 3.63) is 51.7 Å². The number of carbonyl (C=O) groups excluding carboxylic acids is 1. The number of methoxy groups -OCH3 is 1. The number of aromatic nitrogens is 3. The molecule has 5 rings (SSSR count). The van der Waals surface area contributed by atoms with Gasteiger partial charge in [-0.05, 0) is 12.5 Å². The molecule has 1 saturated heterocycles. The Hall–Kier alpha value is -2.31. The first-order chi connectivity index (χ1) is 12.6. The molecule has 0 spiro atoms. The molecule has 132 valence electrons. The summed E-state index contributed by atoms with van der Waals surface area (Å²) >= 11 is 12.5. The van der Waals surface area contributed by atoms with Gasteiger partial charge in [0.05, 0.1) is 41.1 Å². The minimum atomic E-state index is -0.158. The van der Waals surface area contributed by atoms with Crippen molar-refractivity contribution in [3.8, 4) is 5.75 Å². The lowest BCUT2D eigenvalue weighted by Crippen LogP contribution is -2.57. The first-order valence-electron chi connectivity index (χ1n) is 8.25. The molecule has 2 aliphatic rings. The van der Waals surface area contributed by atoms with Crippen molar-refractivity contribution in [2.24, 2.45) is 0 Å². The standard InChI is InChI=1S/C18H14Cl2N4O2/c1-26-9-6-21-17(22-7-9)18(25)24-8-4-12-14(13(24)5-8)10-2-3-11(19)15(20)16(10)23-12/h2-3,6-8,13,23H,4-5H2,1H3. The van der Waals surface area contributed by atoms with Crippen molar-refractivity contribution in [3.63, 3.8) is 0 Å². The molecule has 0 radical (unpaired) electrons. The lowest BCUT2D eigenvalue weighted by molar-refractivity contribution is 0.00563. The van der Waals surface area contributed by atoms with E-state index in [0.717, 1.165) is 35.0 Å². The number of aromatic amines is 1. The highest BCUT2D eigenvalue weighted by molar-refractivity contribution is 6.45. The highest BCUT2D eigenvalue weighted by Gasteiger charge is 2.49. The number of amides is 1. The second kappa shape index (κ2) is 5.59. The van der Waals surface area contributed by atoms with Gasteiger partial charge in [0.15, 0.2) is 5.75 Å². The molecule has 1 amide bonds. The second-order valence-corrected chi connectivity index (χ2v) is 7.35. The van der Waals surface area contributed by atoms with E-state index >= 15 is 0 Å². The third-order valence-electron chi connectivity index (χ3n) is 5.27. The number of nitrogens with one attached hydrogen (secondary N) is 1. The van der Waals surface area contributed by atoms with E-state index in [1.807, 2.05) is 11.0 Å². The Bertz CT molecular complexity index is 1050. The molecule has 26 heavy (non-hydrogen) atoms. The summed E-state index contributed by atoms with van der Waals surface area (Å²) in [6.45, 7) is 0. The maximum atomic E-state index is 12.9. The Morgan fingerprint density at radius 3 is 2.81 bits per heavy atom. The average molecular weight is 389 g/mol. The predicted molar refractivity (Wildman–Crippen MR) is 97.9 cm³/mol. The van der Waals surface area contributed by atoms with Gasteiger partial charge < -0.3 is 14.6 Å². The summed E-state index contributed by atoms with van der Waals surface area (Å²) in [4.78, 5) is 26.5. The number of hydrogen-bond donors (Lipinski definition) is 1. The summed E-state index contributed by atoms with van der Waals surface area (Å²) in [5.41, 5.74) is 3.10. The third-order valence-corrected chi connectivity index (χ3v) is 6.08. The minimum Gasteiger partial charge on any atom is -0.494 e. The van der Waals surface area contributed by atoms with Crippen molar-refractivity contribution >= 4 is 40.0 Å². The van der Waals surface area contributed by atoms with Crippen molar-refractivity contribution in [2.75, 3.05) is 7.11 Å². The highest BCUT2D eigenvalue weighted by Crippen LogP contribution is 2.50. The van der Waals surface area contributed by atoms with Gasteiger partial charge in [0.25, 0.3) is 5.91 Å². The number of fused-ring (bicyclic) bond motifs is 6. The normalized spacial score (nSPS) is 20.7. The lowest BCUT2D eigenvalue weighted by Gasteiger charge is -2.52. The van der Waals surface area contributed by atoms with Crippen LogP contribution in [0.2, 0.25) is 10.0 Å². The van der Waals surface area contributed by atoms with Crippen LogP contribution in [0.5, 0.6) is 5.75 Å². The van der Waals surface area contributed by atoms with Crippen LogP contribution in [0.1, 0.15) is 34.3 Å². The van der Waals surface area contributed by atoms with Crippen LogP contribution in [-0.4, -0.2) is 38.9 Å². The van der Waals surface area contributed by atoms with Crippen LogP contribution in [0.15, 0.2) is 24.5 Å². The first-order valence-corrected chi connectivity index (χ1v) is 9.01. The van der Waals surface area contributed by atoms with Gasteiger partial charge >= 0.3 is 0 Å². The zero-order valence-corrected chi connectivity index (χ0v) is 15.3. The second-order valence-electron chi connectivity index (χ2n) is 6.57. The maximum absolute atomic E-state index is 12.9. The lowest BCUT2D eigenvalue weighted by atomic mass is 9.77. The average Bonchev–Trinajstić information content (AvgIpc) is 3.04. The number of benzene rings is 1. The molecule has 0 saturated carbocycles. The summed E-state index contributed by atoms with van der Waals surface area (Å²) in [5.74, 6) is 0.551. The van der Waals surface area contributed by atoms with E-state index in [2.05, 4.69) is 15.0 Å². The molecule has 8 heteroatoms. The van der Waals surface area contributed by atoms with Gasteiger partial charge in [-0.2, -0.15) is 0 Å². The van der Waals surface area contributed by atoms with E-state index in [1.54, 1.807) is 6.07 Å². The van der Waals surface area contributed by atoms with Gasteiger partial charge in [0.2, 0.25) is 5.82 Å². The van der Waals surface area contributed by atoms with E-state index in [1.165, 1.54) is 19.5 Å². The summed E-state index contributed by atoms with van der Waals surface area (Å²) in [6.07, 6.45) is 4.71.